The van der Waals surface area contributed by atoms with Crippen molar-refractivity contribution in [2.45, 2.75) is 25.7 Å². The van der Waals surface area contributed by atoms with Gasteiger partial charge in [0.2, 0.25) is 11.9 Å². The van der Waals surface area contributed by atoms with Gasteiger partial charge in [0.25, 0.3) is 10.0 Å². The first-order valence-electron chi connectivity index (χ1n) is 10.9. The number of benzene rings is 3. The standard InChI is InChI=1S/C25H19Cl3F2N4O3S/c1-25(2,3)23(35)33-24-31-11-13-8-12(4-6-18(13)32-24)21-17(29)5-7-19(22(21)30)34-38(36,37)20-10-15(27)14(26)9-16(20)28/h4-11,34H,1-3H3,(H,31,32,33,35). The molecule has 0 aliphatic heterocycles. The second-order valence-corrected chi connectivity index (χ2v) is 12.1. The Morgan fingerprint density at radius 2 is 1.63 bits per heavy atom. The molecule has 0 aliphatic rings. The highest BCUT2D eigenvalue weighted by Gasteiger charge is 2.25. The van der Waals surface area contributed by atoms with Crippen molar-refractivity contribution in [1.29, 1.82) is 0 Å². The molecular formula is C25H19Cl3F2N4O3S. The zero-order valence-corrected chi connectivity index (χ0v) is 23.1. The van der Waals surface area contributed by atoms with Gasteiger partial charge in [-0.25, -0.2) is 27.2 Å². The fraction of sp³-hybridized carbons (Fsp3) is 0.160. The molecule has 0 aliphatic carbocycles. The first-order valence-corrected chi connectivity index (χ1v) is 13.5. The van der Waals surface area contributed by atoms with E-state index in [0.29, 0.717) is 10.9 Å². The van der Waals surface area contributed by atoms with Crippen molar-refractivity contribution >= 4 is 73.3 Å². The normalized spacial score (nSPS) is 12.0. The first-order chi connectivity index (χ1) is 17.7. The minimum Gasteiger partial charge on any atom is -0.294 e. The van der Waals surface area contributed by atoms with Gasteiger partial charge >= 0.3 is 0 Å². The highest BCUT2D eigenvalue weighted by molar-refractivity contribution is 7.92. The second-order valence-electron chi connectivity index (χ2n) is 9.26. The summed E-state index contributed by atoms with van der Waals surface area (Å²) in [6.45, 7) is 5.23. The lowest BCUT2D eigenvalue weighted by Gasteiger charge is -2.16. The average Bonchev–Trinajstić information content (AvgIpc) is 2.82. The fourth-order valence-electron chi connectivity index (χ4n) is 3.34. The van der Waals surface area contributed by atoms with Gasteiger partial charge in [-0.1, -0.05) is 61.6 Å². The Bertz CT molecular complexity index is 1710. The lowest BCUT2D eigenvalue weighted by atomic mass is 9.96. The van der Waals surface area contributed by atoms with Crippen LogP contribution in [0.25, 0.3) is 22.0 Å². The summed E-state index contributed by atoms with van der Waals surface area (Å²) in [5, 5.41) is 2.78. The van der Waals surface area contributed by atoms with Crippen LogP contribution in [-0.2, 0) is 14.8 Å². The van der Waals surface area contributed by atoms with E-state index in [4.69, 9.17) is 34.8 Å². The number of nitrogens with one attached hydrogen (secondary N) is 2. The number of carbonyl (C=O) groups excluding carboxylic acids is 1. The lowest BCUT2D eigenvalue weighted by molar-refractivity contribution is -0.123. The van der Waals surface area contributed by atoms with E-state index < -0.39 is 43.2 Å². The van der Waals surface area contributed by atoms with Crippen LogP contribution in [0, 0.1) is 17.0 Å². The quantitative estimate of drug-likeness (QED) is 0.234. The summed E-state index contributed by atoms with van der Waals surface area (Å²) in [6.07, 6.45) is 1.40. The third-order valence-corrected chi connectivity index (χ3v) is 7.93. The minimum absolute atomic E-state index is 0.0369. The largest absolute Gasteiger partial charge is 0.294 e. The van der Waals surface area contributed by atoms with Gasteiger partial charge in [0.1, 0.15) is 10.7 Å². The summed E-state index contributed by atoms with van der Waals surface area (Å²) in [7, 11) is -4.42. The summed E-state index contributed by atoms with van der Waals surface area (Å²) >= 11 is 17.8. The van der Waals surface area contributed by atoms with Gasteiger partial charge < -0.3 is 0 Å². The van der Waals surface area contributed by atoms with E-state index in [1.165, 1.54) is 24.4 Å². The Kier molecular flexibility index (Phi) is 7.55. The van der Waals surface area contributed by atoms with Crippen molar-refractivity contribution in [1.82, 2.24) is 9.97 Å². The van der Waals surface area contributed by atoms with Crippen LogP contribution in [0.3, 0.4) is 0 Å². The Morgan fingerprint density at radius 3 is 2.32 bits per heavy atom. The van der Waals surface area contributed by atoms with Crippen molar-refractivity contribution < 1.29 is 22.0 Å². The van der Waals surface area contributed by atoms with Gasteiger partial charge in [-0.2, -0.15) is 0 Å². The third-order valence-electron chi connectivity index (χ3n) is 5.37. The molecule has 13 heteroatoms. The van der Waals surface area contributed by atoms with E-state index in [1.807, 2.05) is 0 Å². The van der Waals surface area contributed by atoms with Crippen molar-refractivity contribution in [3.05, 3.63) is 75.4 Å². The summed E-state index contributed by atoms with van der Waals surface area (Å²) in [4.78, 5) is 20.2. The second kappa shape index (κ2) is 10.3. The van der Waals surface area contributed by atoms with Gasteiger partial charge in [0.15, 0.2) is 5.82 Å². The zero-order valence-electron chi connectivity index (χ0n) is 20.0. The van der Waals surface area contributed by atoms with Gasteiger partial charge in [0.05, 0.1) is 31.8 Å². The molecule has 4 aromatic rings. The SMILES string of the molecule is CC(C)(C)C(=O)Nc1ncc2cc(-c3c(F)ccc(NS(=O)(=O)c4cc(Cl)c(Cl)cc4Cl)c3F)ccc2n1. The molecule has 3 aromatic carbocycles. The molecule has 0 saturated heterocycles. The van der Waals surface area contributed by atoms with E-state index in [-0.39, 0.29) is 32.5 Å². The Balaban J connectivity index is 1.70. The molecule has 1 aromatic heterocycles. The van der Waals surface area contributed by atoms with E-state index >= 15 is 4.39 Å². The maximum Gasteiger partial charge on any atom is 0.263 e. The van der Waals surface area contributed by atoms with Crippen LogP contribution >= 0.6 is 34.8 Å². The van der Waals surface area contributed by atoms with Gasteiger partial charge in [-0.05, 0) is 42.0 Å². The molecule has 7 nitrogen and oxygen atoms in total. The summed E-state index contributed by atoms with van der Waals surface area (Å²) in [6, 6.07) is 8.41. The van der Waals surface area contributed by atoms with Gasteiger partial charge in [-0.15, -0.1) is 0 Å². The van der Waals surface area contributed by atoms with Gasteiger partial charge in [-0.3, -0.25) is 14.8 Å². The van der Waals surface area contributed by atoms with Crippen molar-refractivity contribution in [3.8, 4) is 11.1 Å². The van der Waals surface area contributed by atoms with Crippen molar-refractivity contribution in [2.75, 3.05) is 10.0 Å². The van der Waals surface area contributed by atoms with E-state index in [2.05, 4.69) is 20.0 Å². The molecular weight excluding hydrogens is 581 g/mol. The number of aromatic nitrogens is 2. The highest BCUT2D eigenvalue weighted by atomic mass is 35.5. The smallest absolute Gasteiger partial charge is 0.263 e. The Labute approximate surface area is 232 Å². The maximum atomic E-state index is 15.5. The minimum atomic E-state index is -4.42. The first kappa shape index (κ1) is 28.0. The number of fused-ring (bicyclic) bond motifs is 1. The predicted octanol–water partition coefficient (Wildman–Crippen LogP) is 7.32. The molecule has 0 unspecified atom stereocenters. The van der Waals surface area contributed by atoms with Crippen LogP contribution in [0.1, 0.15) is 20.8 Å². The number of hydrogen-bond donors (Lipinski definition) is 2. The fourth-order valence-corrected chi connectivity index (χ4v) is 5.41. The Morgan fingerprint density at radius 1 is 0.947 bits per heavy atom. The van der Waals surface area contributed by atoms with Crippen LogP contribution in [0.2, 0.25) is 15.1 Å². The number of nitrogens with zero attached hydrogens (tertiary/aromatic N) is 2. The van der Waals surface area contributed by atoms with Crippen LogP contribution < -0.4 is 10.0 Å². The summed E-state index contributed by atoms with van der Waals surface area (Å²) in [5.41, 5.74) is -1.12. The third kappa shape index (κ3) is 5.68. The molecule has 0 bridgehead atoms. The zero-order chi connectivity index (χ0) is 28.0. The van der Waals surface area contributed by atoms with Crippen molar-refractivity contribution in [2.24, 2.45) is 5.41 Å². The lowest BCUT2D eigenvalue weighted by Crippen LogP contribution is -2.28. The molecule has 1 amide bonds. The van der Waals surface area contributed by atoms with E-state index in [0.717, 1.165) is 24.3 Å². The number of carbonyl (C=O) groups is 1. The molecule has 0 atom stereocenters. The van der Waals surface area contributed by atoms with Gasteiger partial charge in [0, 0.05) is 17.0 Å². The average molecular weight is 600 g/mol. The number of amides is 1. The van der Waals surface area contributed by atoms with E-state index in [1.54, 1.807) is 20.8 Å². The van der Waals surface area contributed by atoms with Crippen LogP contribution in [-0.4, -0.2) is 24.3 Å². The Hall–Kier alpha value is -3.05. The predicted molar refractivity (Wildman–Crippen MR) is 145 cm³/mol. The molecule has 4 rings (SSSR count). The molecule has 0 saturated carbocycles. The number of hydrogen-bond acceptors (Lipinski definition) is 5. The van der Waals surface area contributed by atoms with Crippen LogP contribution in [0.4, 0.5) is 20.4 Å². The molecule has 0 fully saturated rings. The van der Waals surface area contributed by atoms with Crippen molar-refractivity contribution in [3.63, 3.8) is 0 Å². The molecule has 2 N–H and O–H groups in total. The maximum absolute atomic E-state index is 15.5. The number of anilines is 2. The highest BCUT2D eigenvalue weighted by Crippen LogP contribution is 2.36. The molecule has 198 valence electrons. The van der Waals surface area contributed by atoms with Crippen LogP contribution in [0.5, 0.6) is 0 Å². The molecule has 1 heterocycles. The molecule has 0 radical (unpaired) electrons. The molecule has 0 spiro atoms. The number of halogens is 5. The number of rotatable bonds is 5. The monoisotopic (exact) mass is 598 g/mol. The topological polar surface area (TPSA) is 101 Å². The summed E-state index contributed by atoms with van der Waals surface area (Å²) < 4.78 is 58.2. The van der Waals surface area contributed by atoms with Crippen LogP contribution in [0.15, 0.2) is 53.6 Å². The van der Waals surface area contributed by atoms with E-state index in [9.17, 15) is 17.6 Å². The number of sulfonamides is 1. The molecule has 38 heavy (non-hydrogen) atoms. The summed E-state index contributed by atoms with van der Waals surface area (Å²) in [5.74, 6) is -2.27.